The Balaban J connectivity index is 0.00000200. The summed E-state index contributed by atoms with van der Waals surface area (Å²) in [6, 6.07) is 0.614. The number of aromatic nitrogens is 2. The van der Waals surface area contributed by atoms with Crippen LogP contribution in [-0.2, 0) is 11.2 Å². The van der Waals surface area contributed by atoms with Crippen LogP contribution in [0.5, 0.6) is 0 Å². The summed E-state index contributed by atoms with van der Waals surface area (Å²) in [5, 5.41) is 7.11. The number of nitrogens with one attached hydrogen (secondary N) is 1. The van der Waals surface area contributed by atoms with Gasteiger partial charge in [-0.2, -0.15) is 4.98 Å². The molecule has 0 radical (unpaired) electrons. The number of hydrogen-bond acceptors (Lipinski definition) is 5. The third-order valence-corrected chi connectivity index (χ3v) is 3.71. The lowest BCUT2D eigenvalue weighted by molar-refractivity contribution is -0.134. The van der Waals surface area contributed by atoms with E-state index in [1.54, 1.807) is 6.92 Å². The third-order valence-electron chi connectivity index (χ3n) is 3.71. The number of amides is 1. The molecule has 2 atom stereocenters. The number of halogens is 1. The van der Waals surface area contributed by atoms with Crippen molar-refractivity contribution in [2.75, 3.05) is 13.1 Å². The first-order chi connectivity index (χ1) is 9.08. The third kappa shape index (κ3) is 4.18. The highest BCUT2D eigenvalue weighted by Crippen LogP contribution is 2.12. The summed E-state index contributed by atoms with van der Waals surface area (Å²) in [5.74, 6) is 1.48. The zero-order valence-electron chi connectivity index (χ0n) is 12.3. The van der Waals surface area contributed by atoms with Crippen molar-refractivity contribution in [3.05, 3.63) is 11.7 Å². The maximum absolute atomic E-state index is 12.2. The van der Waals surface area contributed by atoms with Crippen molar-refractivity contribution >= 4 is 18.3 Å². The van der Waals surface area contributed by atoms with Gasteiger partial charge in [-0.15, -0.1) is 12.4 Å². The minimum Gasteiger partial charge on any atom is -0.339 e. The fraction of sp³-hybridized carbons (Fsp3) is 0.769. The molecule has 2 rings (SSSR count). The molecule has 0 bridgehead atoms. The van der Waals surface area contributed by atoms with E-state index in [0.29, 0.717) is 30.6 Å². The molecule has 2 heterocycles. The van der Waals surface area contributed by atoms with Gasteiger partial charge in [0.25, 0.3) is 0 Å². The SMILES string of the molecule is Cc1noc(CCCC(=O)N2CCNC(C)C2C)n1.Cl. The monoisotopic (exact) mass is 302 g/mol. The molecule has 1 fully saturated rings. The Kier molecular flexibility index (Phi) is 6.42. The Hall–Kier alpha value is -1.14. The van der Waals surface area contributed by atoms with Gasteiger partial charge in [0.05, 0.1) is 0 Å². The molecule has 1 aliphatic heterocycles. The van der Waals surface area contributed by atoms with Crippen LogP contribution in [0.15, 0.2) is 4.52 Å². The van der Waals surface area contributed by atoms with Gasteiger partial charge in [0.2, 0.25) is 11.8 Å². The Morgan fingerprint density at radius 2 is 2.25 bits per heavy atom. The molecular formula is C13H23ClN4O2. The summed E-state index contributed by atoms with van der Waals surface area (Å²) in [6.07, 6.45) is 1.96. The predicted molar refractivity (Wildman–Crippen MR) is 77.9 cm³/mol. The van der Waals surface area contributed by atoms with Crippen LogP contribution in [-0.4, -0.2) is 46.1 Å². The van der Waals surface area contributed by atoms with Gasteiger partial charge in [0.15, 0.2) is 5.82 Å². The second-order valence-corrected chi connectivity index (χ2v) is 5.16. The maximum Gasteiger partial charge on any atom is 0.226 e. The number of hydrogen-bond donors (Lipinski definition) is 1. The van der Waals surface area contributed by atoms with Crippen molar-refractivity contribution in [2.24, 2.45) is 0 Å². The Morgan fingerprint density at radius 1 is 1.50 bits per heavy atom. The molecule has 114 valence electrons. The number of carbonyl (C=O) groups is 1. The average Bonchev–Trinajstić information content (AvgIpc) is 2.78. The smallest absolute Gasteiger partial charge is 0.226 e. The number of carbonyl (C=O) groups excluding carboxylic acids is 1. The van der Waals surface area contributed by atoms with E-state index in [2.05, 4.69) is 29.3 Å². The lowest BCUT2D eigenvalue weighted by Crippen LogP contribution is -2.57. The molecule has 0 spiro atoms. The number of piperazine rings is 1. The van der Waals surface area contributed by atoms with Crippen LogP contribution in [0.2, 0.25) is 0 Å². The Labute approximate surface area is 125 Å². The van der Waals surface area contributed by atoms with Crippen LogP contribution in [0.1, 0.15) is 38.4 Å². The van der Waals surface area contributed by atoms with Crippen LogP contribution >= 0.6 is 12.4 Å². The molecular weight excluding hydrogens is 280 g/mol. The molecule has 7 heteroatoms. The molecule has 1 saturated heterocycles. The summed E-state index contributed by atoms with van der Waals surface area (Å²) in [5.41, 5.74) is 0. The van der Waals surface area contributed by atoms with E-state index in [0.717, 1.165) is 19.5 Å². The Morgan fingerprint density at radius 3 is 2.90 bits per heavy atom. The average molecular weight is 303 g/mol. The van der Waals surface area contributed by atoms with E-state index >= 15 is 0 Å². The van der Waals surface area contributed by atoms with E-state index in [4.69, 9.17) is 4.52 Å². The van der Waals surface area contributed by atoms with Gasteiger partial charge in [0.1, 0.15) is 0 Å². The molecule has 6 nitrogen and oxygen atoms in total. The van der Waals surface area contributed by atoms with E-state index in [1.165, 1.54) is 0 Å². The standard InChI is InChI=1S/C13H22N4O2.ClH/c1-9-10(2)17(8-7-14-9)13(18)6-4-5-12-15-11(3)16-19-12;/h9-10,14H,4-8H2,1-3H3;1H. The minimum atomic E-state index is 0. The van der Waals surface area contributed by atoms with Gasteiger partial charge in [-0.1, -0.05) is 5.16 Å². The normalized spacial score (nSPS) is 22.4. The molecule has 1 aliphatic rings. The highest BCUT2D eigenvalue weighted by Gasteiger charge is 2.27. The van der Waals surface area contributed by atoms with Crippen molar-refractivity contribution in [1.29, 1.82) is 0 Å². The number of aryl methyl sites for hydroxylation is 2. The van der Waals surface area contributed by atoms with Gasteiger partial charge in [-0.25, -0.2) is 0 Å². The maximum atomic E-state index is 12.2. The summed E-state index contributed by atoms with van der Waals surface area (Å²) in [4.78, 5) is 18.3. The largest absolute Gasteiger partial charge is 0.339 e. The van der Waals surface area contributed by atoms with Crippen LogP contribution < -0.4 is 5.32 Å². The van der Waals surface area contributed by atoms with E-state index in [1.807, 2.05) is 4.90 Å². The van der Waals surface area contributed by atoms with Crippen LogP contribution in [0, 0.1) is 6.92 Å². The van der Waals surface area contributed by atoms with Gasteiger partial charge in [0, 0.05) is 38.0 Å². The molecule has 0 aliphatic carbocycles. The minimum absolute atomic E-state index is 0. The highest BCUT2D eigenvalue weighted by atomic mass is 35.5. The highest BCUT2D eigenvalue weighted by molar-refractivity contribution is 5.85. The summed E-state index contributed by atoms with van der Waals surface area (Å²) in [6.45, 7) is 7.67. The molecule has 2 unspecified atom stereocenters. The summed E-state index contributed by atoms with van der Waals surface area (Å²) < 4.78 is 5.03. The first kappa shape index (κ1) is 16.9. The van der Waals surface area contributed by atoms with Gasteiger partial charge in [-0.05, 0) is 27.2 Å². The topological polar surface area (TPSA) is 71.3 Å². The van der Waals surface area contributed by atoms with Gasteiger partial charge >= 0.3 is 0 Å². The fourth-order valence-corrected chi connectivity index (χ4v) is 2.38. The molecule has 1 aromatic heterocycles. The summed E-state index contributed by atoms with van der Waals surface area (Å²) in [7, 11) is 0. The zero-order valence-corrected chi connectivity index (χ0v) is 13.1. The summed E-state index contributed by atoms with van der Waals surface area (Å²) >= 11 is 0. The van der Waals surface area contributed by atoms with E-state index in [9.17, 15) is 4.79 Å². The van der Waals surface area contributed by atoms with Crippen molar-refractivity contribution in [1.82, 2.24) is 20.4 Å². The van der Waals surface area contributed by atoms with E-state index < -0.39 is 0 Å². The first-order valence-corrected chi connectivity index (χ1v) is 6.90. The number of nitrogens with zero attached hydrogens (tertiary/aromatic N) is 3. The van der Waals surface area contributed by atoms with Crippen LogP contribution in [0.3, 0.4) is 0 Å². The van der Waals surface area contributed by atoms with Gasteiger partial charge < -0.3 is 14.7 Å². The molecule has 20 heavy (non-hydrogen) atoms. The van der Waals surface area contributed by atoms with E-state index in [-0.39, 0.29) is 24.4 Å². The quantitative estimate of drug-likeness (QED) is 0.908. The second-order valence-electron chi connectivity index (χ2n) is 5.16. The lowest BCUT2D eigenvalue weighted by Gasteiger charge is -2.38. The zero-order chi connectivity index (χ0) is 13.8. The van der Waals surface area contributed by atoms with Crippen molar-refractivity contribution in [3.8, 4) is 0 Å². The van der Waals surface area contributed by atoms with Gasteiger partial charge in [-0.3, -0.25) is 4.79 Å². The molecule has 0 aromatic carbocycles. The molecule has 1 N–H and O–H groups in total. The fourth-order valence-electron chi connectivity index (χ4n) is 2.38. The van der Waals surface area contributed by atoms with Crippen molar-refractivity contribution in [3.63, 3.8) is 0 Å². The van der Waals surface area contributed by atoms with Crippen LogP contribution in [0.25, 0.3) is 0 Å². The molecule has 0 saturated carbocycles. The number of rotatable bonds is 4. The Bertz CT molecular complexity index is 438. The van der Waals surface area contributed by atoms with Crippen molar-refractivity contribution in [2.45, 2.75) is 52.1 Å². The second kappa shape index (κ2) is 7.59. The molecule has 1 aromatic rings. The first-order valence-electron chi connectivity index (χ1n) is 6.90. The van der Waals surface area contributed by atoms with Crippen molar-refractivity contribution < 1.29 is 9.32 Å². The lowest BCUT2D eigenvalue weighted by atomic mass is 10.1. The predicted octanol–water partition coefficient (Wildman–Crippen LogP) is 1.33. The molecule has 1 amide bonds. The van der Waals surface area contributed by atoms with Crippen LogP contribution in [0.4, 0.5) is 0 Å².